The fourth-order valence-corrected chi connectivity index (χ4v) is 0.675. The second-order valence-electron chi connectivity index (χ2n) is 1.97. The van der Waals surface area contributed by atoms with Crippen molar-refractivity contribution in [1.29, 1.82) is 0 Å². The van der Waals surface area contributed by atoms with E-state index in [4.69, 9.17) is 5.84 Å². The largest absolute Gasteiger partial charge is 0.311 e. The number of hydrogen-bond acceptors (Lipinski definition) is 3. The Labute approximate surface area is 43.2 Å². The molecule has 2 unspecified atom stereocenters. The summed E-state index contributed by atoms with van der Waals surface area (Å²) in [5.74, 6) is 5.13. The van der Waals surface area contributed by atoms with Crippen LogP contribution in [0.4, 0.5) is 0 Å². The first-order valence-electron chi connectivity index (χ1n) is 2.54. The van der Waals surface area contributed by atoms with Gasteiger partial charge in [0.15, 0.2) is 0 Å². The van der Waals surface area contributed by atoms with Crippen LogP contribution in [0.2, 0.25) is 0 Å². The third-order valence-electron chi connectivity index (χ3n) is 1.48. The van der Waals surface area contributed by atoms with Crippen molar-refractivity contribution in [2.75, 3.05) is 6.54 Å². The zero-order chi connectivity index (χ0) is 5.28. The van der Waals surface area contributed by atoms with Crippen molar-refractivity contribution in [2.24, 2.45) is 5.84 Å². The molecular formula is C4H11N3. The van der Waals surface area contributed by atoms with Gasteiger partial charge in [0.1, 0.15) is 0 Å². The smallest absolute Gasteiger partial charge is 0.0485 e. The van der Waals surface area contributed by atoms with Gasteiger partial charge in [-0.15, -0.1) is 0 Å². The molecule has 0 amide bonds. The number of nitrogens with two attached hydrogens (primary N) is 1. The van der Waals surface area contributed by atoms with E-state index in [1.165, 1.54) is 0 Å². The van der Waals surface area contributed by atoms with Gasteiger partial charge in [0.25, 0.3) is 0 Å². The summed E-state index contributed by atoms with van der Waals surface area (Å²) < 4.78 is 0. The standard InChI is InChI=1S/C4H11N3/c1-3-4(7-5)2-6-3/h3-4,6-7H,2,5H2,1H3. The van der Waals surface area contributed by atoms with Gasteiger partial charge in [0.05, 0.1) is 0 Å². The van der Waals surface area contributed by atoms with Crippen LogP contribution in [-0.4, -0.2) is 18.6 Å². The Morgan fingerprint density at radius 2 is 2.57 bits per heavy atom. The predicted octanol–water partition coefficient (Wildman–Crippen LogP) is -1.19. The molecule has 1 saturated heterocycles. The van der Waals surface area contributed by atoms with Gasteiger partial charge in [-0.25, -0.2) is 0 Å². The van der Waals surface area contributed by atoms with Crippen LogP contribution in [0.15, 0.2) is 0 Å². The third-order valence-corrected chi connectivity index (χ3v) is 1.48. The van der Waals surface area contributed by atoms with Crippen molar-refractivity contribution >= 4 is 0 Å². The van der Waals surface area contributed by atoms with E-state index in [-0.39, 0.29) is 0 Å². The summed E-state index contributed by atoms with van der Waals surface area (Å²) in [6.07, 6.45) is 0. The van der Waals surface area contributed by atoms with Crippen LogP contribution in [0.3, 0.4) is 0 Å². The van der Waals surface area contributed by atoms with Crippen LogP contribution in [0.1, 0.15) is 6.92 Å². The molecule has 0 bridgehead atoms. The summed E-state index contributed by atoms with van der Waals surface area (Å²) in [7, 11) is 0. The molecular weight excluding hydrogens is 90.1 g/mol. The monoisotopic (exact) mass is 101 g/mol. The fourth-order valence-electron chi connectivity index (χ4n) is 0.675. The molecule has 0 radical (unpaired) electrons. The Hall–Kier alpha value is -0.120. The molecule has 2 atom stereocenters. The minimum Gasteiger partial charge on any atom is -0.311 e. The molecule has 0 aromatic carbocycles. The molecule has 0 aliphatic carbocycles. The van der Waals surface area contributed by atoms with E-state index in [0.717, 1.165) is 6.54 Å². The Morgan fingerprint density at radius 3 is 2.57 bits per heavy atom. The molecule has 4 N–H and O–H groups in total. The van der Waals surface area contributed by atoms with Gasteiger partial charge in [-0.2, -0.15) is 0 Å². The topological polar surface area (TPSA) is 50.1 Å². The van der Waals surface area contributed by atoms with E-state index in [1.54, 1.807) is 0 Å². The lowest BCUT2D eigenvalue weighted by Crippen LogP contribution is -2.64. The molecule has 1 aliphatic heterocycles. The van der Waals surface area contributed by atoms with Crippen LogP contribution in [-0.2, 0) is 0 Å². The molecule has 1 aliphatic rings. The second kappa shape index (κ2) is 1.78. The van der Waals surface area contributed by atoms with Crippen LogP contribution >= 0.6 is 0 Å². The molecule has 1 rings (SSSR count). The highest BCUT2D eigenvalue weighted by Gasteiger charge is 2.23. The van der Waals surface area contributed by atoms with Crippen LogP contribution in [0, 0.1) is 0 Å². The molecule has 7 heavy (non-hydrogen) atoms. The van der Waals surface area contributed by atoms with Crippen LogP contribution in [0.25, 0.3) is 0 Å². The number of hydrogen-bond donors (Lipinski definition) is 3. The lowest BCUT2D eigenvalue weighted by atomic mass is 10.0. The molecule has 1 fully saturated rings. The van der Waals surface area contributed by atoms with Gasteiger partial charge >= 0.3 is 0 Å². The SMILES string of the molecule is CC1NCC1NN. The summed E-state index contributed by atoms with van der Waals surface area (Å²) in [5.41, 5.74) is 2.69. The zero-order valence-corrected chi connectivity index (χ0v) is 4.44. The Bertz CT molecular complexity index is 62.0. The molecule has 1 heterocycles. The normalized spacial score (nSPS) is 40.3. The fraction of sp³-hybridized carbons (Fsp3) is 1.00. The first-order chi connectivity index (χ1) is 3.34. The van der Waals surface area contributed by atoms with Crippen molar-refractivity contribution < 1.29 is 0 Å². The van der Waals surface area contributed by atoms with Crippen molar-refractivity contribution in [1.82, 2.24) is 10.7 Å². The van der Waals surface area contributed by atoms with Crippen molar-refractivity contribution in [3.63, 3.8) is 0 Å². The van der Waals surface area contributed by atoms with Gasteiger partial charge < -0.3 is 5.32 Å². The third kappa shape index (κ3) is 0.748. The average Bonchev–Trinajstić information content (AvgIpc) is 1.65. The number of nitrogens with one attached hydrogen (secondary N) is 2. The lowest BCUT2D eigenvalue weighted by Gasteiger charge is -2.34. The van der Waals surface area contributed by atoms with Gasteiger partial charge in [-0.05, 0) is 6.92 Å². The molecule has 42 valence electrons. The second-order valence-corrected chi connectivity index (χ2v) is 1.97. The Kier molecular flexibility index (Phi) is 1.27. The highest BCUT2D eigenvalue weighted by molar-refractivity contribution is 4.88. The molecule has 0 spiro atoms. The van der Waals surface area contributed by atoms with Gasteiger partial charge in [0.2, 0.25) is 0 Å². The Morgan fingerprint density at radius 1 is 1.86 bits per heavy atom. The predicted molar refractivity (Wildman–Crippen MR) is 28.6 cm³/mol. The summed E-state index contributed by atoms with van der Waals surface area (Å²) in [6.45, 7) is 3.12. The highest BCUT2D eigenvalue weighted by atomic mass is 15.3. The zero-order valence-electron chi connectivity index (χ0n) is 4.44. The summed E-state index contributed by atoms with van der Waals surface area (Å²) in [6, 6.07) is 1.06. The van der Waals surface area contributed by atoms with Gasteiger partial charge in [-0.3, -0.25) is 11.3 Å². The number of hydrazine groups is 1. The minimum absolute atomic E-state index is 0.500. The minimum atomic E-state index is 0.500. The van der Waals surface area contributed by atoms with Crippen molar-refractivity contribution in [3.05, 3.63) is 0 Å². The molecule has 0 aromatic heterocycles. The van der Waals surface area contributed by atoms with E-state index < -0.39 is 0 Å². The van der Waals surface area contributed by atoms with Crippen molar-refractivity contribution in [2.45, 2.75) is 19.0 Å². The summed E-state index contributed by atoms with van der Waals surface area (Å²) in [4.78, 5) is 0. The average molecular weight is 101 g/mol. The Balaban J connectivity index is 2.16. The van der Waals surface area contributed by atoms with Gasteiger partial charge in [-0.1, -0.05) is 0 Å². The van der Waals surface area contributed by atoms with E-state index in [1.807, 2.05) is 0 Å². The lowest BCUT2D eigenvalue weighted by molar-refractivity contribution is 0.281. The summed E-state index contributed by atoms with van der Waals surface area (Å²) in [5, 5.41) is 3.17. The quantitative estimate of drug-likeness (QED) is 0.287. The van der Waals surface area contributed by atoms with E-state index in [0.29, 0.717) is 12.1 Å². The first kappa shape index (κ1) is 5.03. The first-order valence-corrected chi connectivity index (χ1v) is 2.54. The highest BCUT2D eigenvalue weighted by Crippen LogP contribution is 1.99. The maximum absolute atomic E-state index is 5.13. The van der Waals surface area contributed by atoms with Gasteiger partial charge in [0, 0.05) is 18.6 Å². The van der Waals surface area contributed by atoms with Crippen molar-refractivity contribution in [3.8, 4) is 0 Å². The maximum Gasteiger partial charge on any atom is 0.0485 e. The maximum atomic E-state index is 5.13. The van der Waals surface area contributed by atoms with E-state index in [2.05, 4.69) is 17.7 Å². The molecule has 0 aromatic rings. The molecule has 3 heteroatoms. The summed E-state index contributed by atoms with van der Waals surface area (Å²) >= 11 is 0. The van der Waals surface area contributed by atoms with Crippen LogP contribution in [0.5, 0.6) is 0 Å². The van der Waals surface area contributed by atoms with Crippen LogP contribution < -0.4 is 16.6 Å². The molecule has 0 saturated carbocycles. The number of rotatable bonds is 1. The molecule has 3 nitrogen and oxygen atoms in total. The van der Waals surface area contributed by atoms with E-state index >= 15 is 0 Å². The van der Waals surface area contributed by atoms with E-state index in [9.17, 15) is 0 Å².